The van der Waals surface area contributed by atoms with E-state index >= 15 is 0 Å². The number of aliphatic hydroxyl groups is 1. The zero-order valence-corrected chi connectivity index (χ0v) is 11.3. The first kappa shape index (κ1) is 13.6. The van der Waals surface area contributed by atoms with Crippen molar-refractivity contribution in [2.75, 3.05) is 0 Å². The molecule has 0 aliphatic rings. The van der Waals surface area contributed by atoms with Gasteiger partial charge in [-0.15, -0.1) is 0 Å². The molecule has 2 aromatic rings. The molecule has 0 bridgehead atoms. The van der Waals surface area contributed by atoms with Crippen LogP contribution >= 0.6 is 0 Å². The Kier molecular flexibility index (Phi) is 4.17. The van der Waals surface area contributed by atoms with E-state index in [9.17, 15) is 9.90 Å². The minimum absolute atomic E-state index is 0.0496. The zero-order chi connectivity index (χ0) is 13.8. The van der Waals surface area contributed by atoms with Crippen LogP contribution in [-0.2, 0) is 0 Å². The molecular formula is C16H19NO2. The summed E-state index contributed by atoms with van der Waals surface area (Å²) in [6, 6.07) is 13.5. The summed E-state index contributed by atoms with van der Waals surface area (Å²) in [5, 5.41) is 14.3. The van der Waals surface area contributed by atoms with Gasteiger partial charge in [-0.25, -0.2) is 0 Å². The average molecular weight is 257 g/mol. The average Bonchev–Trinajstić information content (AvgIpc) is 2.36. The molecule has 0 radical (unpaired) electrons. The minimum Gasteiger partial charge on any atom is -0.393 e. The molecule has 1 amide bonds. The Bertz CT molecular complexity index is 572. The normalized spacial score (nSPS) is 14.1. The molecule has 0 aliphatic heterocycles. The molecule has 100 valence electrons. The van der Waals surface area contributed by atoms with Crippen LogP contribution in [0, 0.1) is 0 Å². The van der Waals surface area contributed by atoms with Crippen molar-refractivity contribution in [2.24, 2.45) is 0 Å². The van der Waals surface area contributed by atoms with Gasteiger partial charge in [0.15, 0.2) is 0 Å². The highest BCUT2D eigenvalue weighted by molar-refractivity contribution is 6.07. The van der Waals surface area contributed by atoms with Crippen LogP contribution in [0.25, 0.3) is 10.8 Å². The second-order valence-corrected chi connectivity index (χ2v) is 4.99. The van der Waals surface area contributed by atoms with Crippen molar-refractivity contribution >= 4 is 16.7 Å². The van der Waals surface area contributed by atoms with Gasteiger partial charge in [0.05, 0.1) is 6.10 Å². The molecule has 0 spiro atoms. The predicted octanol–water partition coefficient (Wildman–Crippen LogP) is 2.73. The molecule has 2 rings (SSSR count). The molecule has 3 nitrogen and oxygen atoms in total. The number of rotatable bonds is 4. The lowest BCUT2D eigenvalue weighted by molar-refractivity contribution is 0.0924. The molecule has 0 saturated carbocycles. The molecule has 0 heterocycles. The Morgan fingerprint density at radius 2 is 1.84 bits per heavy atom. The maximum Gasteiger partial charge on any atom is 0.252 e. The van der Waals surface area contributed by atoms with E-state index in [0.29, 0.717) is 12.0 Å². The molecule has 2 N–H and O–H groups in total. The van der Waals surface area contributed by atoms with Gasteiger partial charge in [0.25, 0.3) is 5.91 Å². The molecule has 0 saturated heterocycles. The fourth-order valence-corrected chi connectivity index (χ4v) is 2.30. The number of benzene rings is 2. The van der Waals surface area contributed by atoms with Gasteiger partial charge < -0.3 is 10.4 Å². The van der Waals surface area contributed by atoms with Crippen molar-refractivity contribution in [3.8, 4) is 0 Å². The molecule has 0 aromatic heterocycles. The Morgan fingerprint density at radius 1 is 1.16 bits per heavy atom. The van der Waals surface area contributed by atoms with Gasteiger partial charge in [0, 0.05) is 11.6 Å². The maximum atomic E-state index is 12.3. The monoisotopic (exact) mass is 257 g/mol. The number of amides is 1. The first-order chi connectivity index (χ1) is 9.08. The molecule has 0 fully saturated rings. The standard InChI is InChI=1S/C16H19NO2/c1-11(10-12(2)18)17-16(19)15-9-5-7-13-6-3-4-8-14(13)15/h3-9,11-12,18H,10H2,1-2H3,(H,17,19). The third-order valence-electron chi connectivity index (χ3n) is 3.11. The second kappa shape index (κ2) is 5.85. The fourth-order valence-electron chi connectivity index (χ4n) is 2.30. The van der Waals surface area contributed by atoms with Gasteiger partial charge in [0.1, 0.15) is 0 Å². The molecule has 2 atom stereocenters. The van der Waals surface area contributed by atoms with Crippen LogP contribution in [0.5, 0.6) is 0 Å². The van der Waals surface area contributed by atoms with E-state index in [1.165, 1.54) is 0 Å². The van der Waals surface area contributed by atoms with Crippen LogP contribution in [0.4, 0.5) is 0 Å². The number of fused-ring (bicyclic) bond motifs is 1. The predicted molar refractivity (Wildman–Crippen MR) is 77.2 cm³/mol. The molecule has 19 heavy (non-hydrogen) atoms. The van der Waals surface area contributed by atoms with Gasteiger partial charge in [0.2, 0.25) is 0 Å². The molecule has 2 unspecified atom stereocenters. The van der Waals surface area contributed by atoms with Crippen LogP contribution in [0.15, 0.2) is 42.5 Å². The fraction of sp³-hybridized carbons (Fsp3) is 0.312. The smallest absolute Gasteiger partial charge is 0.252 e. The summed E-state index contributed by atoms with van der Waals surface area (Å²) in [4.78, 5) is 12.3. The Balaban J connectivity index is 2.22. The summed E-state index contributed by atoms with van der Waals surface area (Å²) >= 11 is 0. The van der Waals surface area contributed by atoms with E-state index in [1.807, 2.05) is 49.4 Å². The number of hydrogen-bond donors (Lipinski definition) is 2. The summed E-state index contributed by atoms with van der Waals surface area (Å²) in [6.45, 7) is 3.62. The number of nitrogens with one attached hydrogen (secondary N) is 1. The van der Waals surface area contributed by atoms with E-state index in [1.54, 1.807) is 6.92 Å². The number of hydrogen-bond acceptors (Lipinski definition) is 2. The summed E-state index contributed by atoms with van der Waals surface area (Å²) in [5.74, 6) is -0.0926. The van der Waals surface area contributed by atoms with Gasteiger partial charge in [-0.3, -0.25) is 4.79 Å². The van der Waals surface area contributed by atoms with Gasteiger partial charge in [-0.1, -0.05) is 36.4 Å². The first-order valence-electron chi connectivity index (χ1n) is 6.54. The quantitative estimate of drug-likeness (QED) is 0.884. The van der Waals surface area contributed by atoms with Crippen molar-refractivity contribution in [1.82, 2.24) is 5.32 Å². The largest absolute Gasteiger partial charge is 0.393 e. The van der Waals surface area contributed by atoms with Crippen molar-refractivity contribution in [1.29, 1.82) is 0 Å². The van der Waals surface area contributed by atoms with E-state index < -0.39 is 6.10 Å². The van der Waals surface area contributed by atoms with Gasteiger partial charge in [-0.05, 0) is 37.1 Å². The Hall–Kier alpha value is -1.87. The molecule has 0 aliphatic carbocycles. The van der Waals surface area contributed by atoms with Crippen molar-refractivity contribution in [3.63, 3.8) is 0 Å². The van der Waals surface area contributed by atoms with Gasteiger partial charge >= 0.3 is 0 Å². The highest BCUT2D eigenvalue weighted by Crippen LogP contribution is 2.18. The number of aliphatic hydroxyl groups excluding tert-OH is 1. The first-order valence-corrected chi connectivity index (χ1v) is 6.54. The van der Waals surface area contributed by atoms with E-state index in [2.05, 4.69) is 5.32 Å². The summed E-state index contributed by atoms with van der Waals surface area (Å²) in [7, 11) is 0. The lowest BCUT2D eigenvalue weighted by Crippen LogP contribution is -2.34. The van der Waals surface area contributed by atoms with E-state index in [4.69, 9.17) is 0 Å². The van der Waals surface area contributed by atoms with Crippen LogP contribution in [-0.4, -0.2) is 23.2 Å². The molecular weight excluding hydrogens is 238 g/mol. The van der Waals surface area contributed by atoms with Crippen molar-refractivity contribution in [3.05, 3.63) is 48.0 Å². The number of carbonyl (C=O) groups is 1. The summed E-state index contributed by atoms with van der Waals surface area (Å²) in [6.07, 6.45) is 0.138. The van der Waals surface area contributed by atoms with E-state index in [0.717, 1.165) is 10.8 Å². The maximum absolute atomic E-state index is 12.3. The van der Waals surface area contributed by atoms with E-state index in [-0.39, 0.29) is 11.9 Å². The third-order valence-corrected chi connectivity index (χ3v) is 3.11. The minimum atomic E-state index is -0.414. The van der Waals surface area contributed by atoms with Crippen molar-refractivity contribution in [2.45, 2.75) is 32.4 Å². The molecule has 2 aromatic carbocycles. The lowest BCUT2D eigenvalue weighted by Gasteiger charge is -2.16. The highest BCUT2D eigenvalue weighted by atomic mass is 16.3. The third kappa shape index (κ3) is 3.32. The van der Waals surface area contributed by atoms with Crippen LogP contribution < -0.4 is 5.32 Å². The number of carbonyl (C=O) groups excluding carboxylic acids is 1. The van der Waals surface area contributed by atoms with Crippen molar-refractivity contribution < 1.29 is 9.90 Å². The lowest BCUT2D eigenvalue weighted by atomic mass is 10.0. The van der Waals surface area contributed by atoms with Gasteiger partial charge in [-0.2, -0.15) is 0 Å². The topological polar surface area (TPSA) is 49.3 Å². The zero-order valence-electron chi connectivity index (χ0n) is 11.3. The second-order valence-electron chi connectivity index (χ2n) is 4.99. The summed E-state index contributed by atoms with van der Waals surface area (Å²) < 4.78 is 0. The Labute approximate surface area is 113 Å². The van der Waals surface area contributed by atoms with Crippen LogP contribution in [0.1, 0.15) is 30.6 Å². The molecule has 3 heteroatoms. The van der Waals surface area contributed by atoms with Crippen LogP contribution in [0.2, 0.25) is 0 Å². The SMILES string of the molecule is CC(O)CC(C)NC(=O)c1cccc2ccccc12. The highest BCUT2D eigenvalue weighted by Gasteiger charge is 2.13. The summed E-state index contributed by atoms with van der Waals surface area (Å²) in [5.41, 5.74) is 0.676. The Morgan fingerprint density at radius 3 is 2.58 bits per heavy atom. The van der Waals surface area contributed by atoms with Crippen LogP contribution in [0.3, 0.4) is 0 Å².